The van der Waals surface area contributed by atoms with Gasteiger partial charge in [-0.3, -0.25) is 4.79 Å². The SMILES string of the molecule is COC(=O)C(C)CNCCc1nc2ccc(F)cc2[nH]1. The molecule has 1 heterocycles. The molecule has 6 heteroatoms. The van der Waals surface area contributed by atoms with E-state index in [-0.39, 0.29) is 17.7 Å². The number of nitrogens with one attached hydrogen (secondary N) is 2. The normalized spacial score (nSPS) is 12.6. The number of aromatic nitrogens is 2. The molecule has 1 unspecified atom stereocenters. The zero-order valence-electron chi connectivity index (χ0n) is 11.6. The van der Waals surface area contributed by atoms with Gasteiger partial charge in [0.15, 0.2) is 0 Å². The molecule has 1 aromatic carbocycles. The molecule has 0 saturated carbocycles. The van der Waals surface area contributed by atoms with Crippen LogP contribution in [0.1, 0.15) is 12.7 Å². The van der Waals surface area contributed by atoms with Crippen molar-refractivity contribution in [1.82, 2.24) is 15.3 Å². The highest BCUT2D eigenvalue weighted by Crippen LogP contribution is 2.12. The van der Waals surface area contributed by atoms with Crippen LogP contribution in [0.3, 0.4) is 0 Å². The fourth-order valence-electron chi connectivity index (χ4n) is 1.96. The van der Waals surface area contributed by atoms with E-state index in [0.717, 1.165) is 11.3 Å². The number of methoxy groups -OCH3 is 1. The first kappa shape index (κ1) is 14.5. The summed E-state index contributed by atoms with van der Waals surface area (Å²) in [5.41, 5.74) is 1.45. The Kier molecular flexibility index (Phi) is 4.68. The molecule has 0 bridgehead atoms. The van der Waals surface area contributed by atoms with Crippen molar-refractivity contribution >= 4 is 17.0 Å². The Morgan fingerprint density at radius 3 is 3.10 bits per heavy atom. The molecule has 0 saturated heterocycles. The van der Waals surface area contributed by atoms with E-state index in [0.29, 0.717) is 25.0 Å². The van der Waals surface area contributed by atoms with Gasteiger partial charge in [-0.25, -0.2) is 9.37 Å². The van der Waals surface area contributed by atoms with E-state index < -0.39 is 0 Å². The predicted molar refractivity (Wildman–Crippen MR) is 73.8 cm³/mol. The molecule has 1 aromatic heterocycles. The Labute approximate surface area is 116 Å². The van der Waals surface area contributed by atoms with E-state index >= 15 is 0 Å². The van der Waals surface area contributed by atoms with Crippen molar-refractivity contribution in [3.63, 3.8) is 0 Å². The average Bonchev–Trinajstić information content (AvgIpc) is 2.84. The number of H-pyrrole nitrogens is 1. The van der Waals surface area contributed by atoms with Crippen molar-refractivity contribution in [2.75, 3.05) is 20.2 Å². The zero-order chi connectivity index (χ0) is 14.5. The van der Waals surface area contributed by atoms with Gasteiger partial charge in [-0.05, 0) is 18.2 Å². The summed E-state index contributed by atoms with van der Waals surface area (Å²) < 4.78 is 17.7. The van der Waals surface area contributed by atoms with E-state index in [1.54, 1.807) is 6.07 Å². The second-order valence-corrected chi connectivity index (χ2v) is 4.72. The van der Waals surface area contributed by atoms with Crippen molar-refractivity contribution in [2.45, 2.75) is 13.3 Å². The van der Waals surface area contributed by atoms with Gasteiger partial charge in [-0.1, -0.05) is 6.92 Å². The molecular formula is C14H18FN3O2. The number of rotatable bonds is 6. The van der Waals surface area contributed by atoms with Crippen molar-refractivity contribution in [1.29, 1.82) is 0 Å². The van der Waals surface area contributed by atoms with E-state index in [1.807, 2.05) is 6.92 Å². The van der Waals surface area contributed by atoms with Crippen molar-refractivity contribution in [2.24, 2.45) is 5.92 Å². The third kappa shape index (κ3) is 3.54. The fraction of sp³-hybridized carbons (Fsp3) is 0.429. The van der Waals surface area contributed by atoms with Gasteiger partial charge in [-0.2, -0.15) is 0 Å². The molecule has 108 valence electrons. The quantitative estimate of drug-likeness (QED) is 0.623. The van der Waals surface area contributed by atoms with Crippen LogP contribution in [0.4, 0.5) is 4.39 Å². The number of nitrogens with zero attached hydrogens (tertiary/aromatic N) is 1. The van der Waals surface area contributed by atoms with Crippen LogP contribution in [0.15, 0.2) is 18.2 Å². The summed E-state index contributed by atoms with van der Waals surface area (Å²) in [6.07, 6.45) is 0.685. The number of benzene rings is 1. The number of hydrogen-bond acceptors (Lipinski definition) is 4. The lowest BCUT2D eigenvalue weighted by molar-refractivity contribution is -0.144. The summed E-state index contributed by atoms with van der Waals surface area (Å²) in [5.74, 6) is 0.114. The van der Waals surface area contributed by atoms with Gasteiger partial charge >= 0.3 is 5.97 Å². The maximum absolute atomic E-state index is 13.0. The highest BCUT2D eigenvalue weighted by molar-refractivity contribution is 5.75. The summed E-state index contributed by atoms with van der Waals surface area (Å²) in [4.78, 5) is 18.7. The summed E-state index contributed by atoms with van der Waals surface area (Å²) in [6.45, 7) is 3.05. The number of fused-ring (bicyclic) bond motifs is 1. The number of esters is 1. The lowest BCUT2D eigenvalue weighted by Crippen LogP contribution is -2.28. The lowest BCUT2D eigenvalue weighted by atomic mass is 10.2. The number of halogens is 1. The molecular weight excluding hydrogens is 261 g/mol. The first-order valence-corrected chi connectivity index (χ1v) is 6.53. The van der Waals surface area contributed by atoms with Crippen LogP contribution >= 0.6 is 0 Å². The number of ether oxygens (including phenoxy) is 1. The van der Waals surface area contributed by atoms with Crippen LogP contribution in [0, 0.1) is 11.7 Å². The molecule has 0 amide bonds. The highest BCUT2D eigenvalue weighted by atomic mass is 19.1. The topological polar surface area (TPSA) is 67.0 Å². The van der Waals surface area contributed by atoms with Gasteiger partial charge in [-0.15, -0.1) is 0 Å². The van der Waals surface area contributed by atoms with Crippen LogP contribution in [-0.4, -0.2) is 36.1 Å². The Morgan fingerprint density at radius 2 is 2.35 bits per heavy atom. The third-order valence-corrected chi connectivity index (χ3v) is 3.09. The van der Waals surface area contributed by atoms with Gasteiger partial charge < -0.3 is 15.0 Å². The lowest BCUT2D eigenvalue weighted by Gasteiger charge is -2.09. The van der Waals surface area contributed by atoms with E-state index in [1.165, 1.54) is 19.2 Å². The van der Waals surface area contributed by atoms with E-state index in [2.05, 4.69) is 20.0 Å². The minimum Gasteiger partial charge on any atom is -0.469 e. The van der Waals surface area contributed by atoms with Gasteiger partial charge in [0, 0.05) is 19.5 Å². The molecule has 5 nitrogen and oxygen atoms in total. The number of carbonyl (C=O) groups excluding carboxylic acids is 1. The largest absolute Gasteiger partial charge is 0.469 e. The third-order valence-electron chi connectivity index (χ3n) is 3.09. The molecule has 0 fully saturated rings. The first-order valence-electron chi connectivity index (χ1n) is 6.53. The minimum absolute atomic E-state index is 0.176. The highest BCUT2D eigenvalue weighted by Gasteiger charge is 2.12. The molecule has 0 spiro atoms. The summed E-state index contributed by atoms with van der Waals surface area (Å²) in [5, 5.41) is 3.17. The second-order valence-electron chi connectivity index (χ2n) is 4.72. The molecule has 0 aliphatic heterocycles. The van der Waals surface area contributed by atoms with Crippen molar-refractivity contribution < 1.29 is 13.9 Å². The second kappa shape index (κ2) is 6.47. The number of carbonyl (C=O) groups is 1. The predicted octanol–water partition coefficient (Wildman–Crippen LogP) is 1.64. The number of hydrogen-bond donors (Lipinski definition) is 2. The zero-order valence-corrected chi connectivity index (χ0v) is 11.6. The van der Waals surface area contributed by atoms with Crippen LogP contribution in [0.2, 0.25) is 0 Å². The minimum atomic E-state index is -0.280. The molecule has 0 radical (unpaired) electrons. The summed E-state index contributed by atoms with van der Waals surface area (Å²) in [7, 11) is 1.38. The molecule has 2 aromatic rings. The molecule has 0 aliphatic carbocycles. The molecule has 2 rings (SSSR count). The molecule has 1 atom stereocenters. The fourth-order valence-corrected chi connectivity index (χ4v) is 1.96. The van der Waals surface area contributed by atoms with Gasteiger partial charge in [0.25, 0.3) is 0 Å². The van der Waals surface area contributed by atoms with Gasteiger partial charge in [0.1, 0.15) is 11.6 Å². The Bertz CT molecular complexity index is 597. The molecule has 2 N–H and O–H groups in total. The Hall–Kier alpha value is -1.95. The van der Waals surface area contributed by atoms with Gasteiger partial charge in [0.05, 0.1) is 24.1 Å². The molecule has 0 aliphatic rings. The first-order chi connectivity index (χ1) is 9.60. The van der Waals surface area contributed by atoms with Crippen LogP contribution in [-0.2, 0) is 16.0 Å². The number of aromatic amines is 1. The Morgan fingerprint density at radius 1 is 1.55 bits per heavy atom. The maximum Gasteiger partial charge on any atom is 0.309 e. The monoisotopic (exact) mass is 279 g/mol. The van der Waals surface area contributed by atoms with E-state index in [9.17, 15) is 9.18 Å². The summed E-state index contributed by atoms with van der Waals surface area (Å²) >= 11 is 0. The van der Waals surface area contributed by atoms with Crippen LogP contribution < -0.4 is 5.32 Å². The summed E-state index contributed by atoms with van der Waals surface area (Å²) in [6, 6.07) is 4.47. The smallest absolute Gasteiger partial charge is 0.309 e. The van der Waals surface area contributed by atoms with Gasteiger partial charge in [0.2, 0.25) is 0 Å². The Balaban J connectivity index is 1.82. The van der Waals surface area contributed by atoms with Crippen molar-refractivity contribution in [3.05, 3.63) is 29.8 Å². The van der Waals surface area contributed by atoms with E-state index in [4.69, 9.17) is 0 Å². The van der Waals surface area contributed by atoms with Crippen LogP contribution in [0.5, 0.6) is 0 Å². The average molecular weight is 279 g/mol. The molecule has 20 heavy (non-hydrogen) atoms. The maximum atomic E-state index is 13.0. The van der Waals surface area contributed by atoms with Crippen LogP contribution in [0.25, 0.3) is 11.0 Å². The standard InChI is InChI=1S/C14H18FN3O2/c1-9(14(19)20-2)8-16-6-5-13-17-11-4-3-10(15)7-12(11)18-13/h3-4,7,9,16H,5-6,8H2,1-2H3,(H,17,18). The number of imidazole rings is 1. The van der Waals surface area contributed by atoms with Crippen molar-refractivity contribution in [3.8, 4) is 0 Å².